The molecule has 0 saturated carbocycles. The number of carbonyl (C=O) groups excluding carboxylic acids is 12. The van der Waals surface area contributed by atoms with Crippen LogP contribution in [0.5, 0.6) is 11.5 Å². The van der Waals surface area contributed by atoms with Gasteiger partial charge in [0.1, 0.15) is 60.4 Å². The zero-order valence-corrected chi connectivity index (χ0v) is 67.2. The Hall–Kier alpha value is -8.36. The summed E-state index contributed by atoms with van der Waals surface area (Å²) >= 11 is 0. The number of phenolic OH excluding ortho intramolecular Hbond substituents is 1. The van der Waals surface area contributed by atoms with Crippen LogP contribution in [0.4, 0.5) is 0 Å². The molecule has 106 heavy (non-hydrogen) atoms. The Balaban J connectivity index is 2.00. The number of likely N-dealkylation sites (tertiary alicyclic amines) is 1. The molecule has 0 unspecified atom stereocenters. The van der Waals surface area contributed by atoms with E-state index in [4.69, 9.17) is 4.74 Å². The lowest BCUT2D eigenvalue weighted by atomic mass is 9.94. The number of nitrogens with zero attached hydrogens (tertiary/aromatic N) is 8. The number of aromatic hydroxyl groups is 1. The molecule has 2 aromatic rings. The summed E-state index contributed by atoms with van der Waals surface area (Å²) in [7, 11) is 11.4. The number of methoxy groups -OCH3 is 1. The molecule has 2 aliphatic rings. The van der Waals surface area contributed by atoms with E-state index in [0.717, 1.165) is 16.2 Å². The fourth-order valence-electron chi connectivity index (χ4n) is 13.8. The maximum Gasteiger partial charge on any atom is 0.248 e. The van der Waals surface area contributed by atoms with Crippen molar-refractivity contribution in [2.45, 2.75) is 246 Å². The summed E-state index contributed by atoms with van der Waals surface area (Å²) in [5.74, 6) is -9.82. The highest BCUT2D eigenvalue weighted by atomic mass is 16.5. The number of hydrogen-bond donors (Lipinski definition) is 6. The summed E-state index contributed by atoms with van der Waals surface area (Å²) in [5.41, 5.74) is 1.07. The molecular formula is C79H128N12O15. The van der Waals surface area contributed by atoms with E-state index in [9.17, 15) is 29.4 Å². The molecule has 2 aromatic carbocycles. The SMILES string of the molecule is CC[C@H](C)[C@@H]1NC(=O)[C@H](CC(C)C)N(C)C(=O)CCCN(C)C(=O)C[C@@H](C(=O)N2CCCCC2)NC(=O)[C@H](CC(C)C)N(C)C(=O)[C@H](CC(C)C)N(C)C(=O)[C@H]([C@@H](C)O)NC(=O)[C@H](CC(C)C)N(C)C(=O)[C@H](Cc2ccc(O)c(OC)c2)NC(=O)[C@H](CC(C)C)N(C)C(=O)[C@H](Cc2ccccc2)N(C)C1=O. The Kier molecular flexibility index (Phi) is 35.9. The van der Waals surface area contributed by atoms with Gasteiger partial charge in [-0.05, 0) is 123 Å². The highest BCUT2D eigenvalue weighted by molar-refractivity contribution is 6.00. The quantitative estimate of drug-likeness (QED) is 0.103. The Bertz CT molecular complexity index is 3290. The van der Waals surface area contributed by atoms with Crippen molar-refractivity contribution >= 4 is 70.9 Å². The number of phenols is 1. The lowest BCUT2D eigenvalue weighted by Crippen LogP contribution is -2.63. The van der Waals surface area contributed by atoms with Crippen LogP contribution < -0.4 is 26.0 Å². The van der Waals surface area contributed by atoms with Gasteiger partial charge in [-0.2, -0.15) is 0 Å². The second-order valence-corrected chi connectivity index (χ2v) is 31.6. The van der Waals surface area contributed by atoms with E-state index in [1.165, 1.54) is 106 Å². The van der Waals surface area contributed by atoms with Crippen molar-refractivity contribution in [2.24, 2.45) is 35.5 Å². The molecule has 594 valence electrons. The number of benzene rings is 2. The summed E-state index contributed by atoms with van der Waals surface area (Å²) in [5, 5.41) is 33.8. The molecule has 0 aliphatic carbocycles. The van der Waals surface area contributed by atoms with Crippen molar-refractivity contribution in [1.29, 1.82) is 0 Å². The number of nitrogens with one attached hydrogen (secondary N) is 4. The Morgan fingerprint density at radius 2 is 0.906 bits per heavy atom. The number of hydrogen-bond acceptors (Lipinski definition) is 15. The zero-order valence-electron chi connectivity index (χ0n) is 67.2. The molecule has 6 N–H and O–H groups in total. The number of likely N-dealkylation sites (N-methyl/N-ethyl adjacent to an activating group) is 6. The van der Waals surface area contributed by atoms with Gasteiger partial charge in [0.15, 0.2) is 11.5 Å². The third-order valence-corrected chi connectivity index (χ3v) is 20.6. The minimum absolute atomic E-state index is 0.00862. The molecule has 0 bridgehead atoms. The van der Waals surface area contributed by atoms with Crippen molar-refractivity contribution in [3.8, 4) is 11.5 Å². The van der Waals surface area contributed by atoms with Gasteiger partial charge in [-0.3, -0.25) is 57.5 Å². The van der Waals surface area contributed by atoms with Gasteiger partial charge in [0.25, 0.3) is 0 Å². The highest BCUT2D eigenvalue weighted by Gasteiger charge is 2.45. The van der Waals surface area contributed by atoms with Crippen LogP contribution in [0, 0.1) is 35.5 Å². The summed E-state index contributed by atoms with van der Waals surface area (Å²) in [6, 6.07) is -0.0855. The largest absolute Gasteiger partial charge is 0.504 e. The molecule has 4 rings (SSSR count). The van der Waals surface area contributed by atoms with Gasteiger partial charge in [-0.25, -0.2) is 0 Å². The summed E-state index contributed by atoms with van der Waals surface area (Å²) in [6.07, 6.45) is 0.737. The maximum atomic E-state index is 15.7. The van der Waals surface area contributed by atoms with Gasteiger partial charge in [0.2, 0.25) is 70.9 Å². The molecule has 27 nitrogen and oxygen atoms in total. The number of rotatable bonds is 19. The first-order valence-electron chi connectivity index (χ1n) is 38.1. The van der Waals surface area contributed by atoms with Gasteiger partial charge in [-0.1, -0.05) is 126 Å². The number of piperidine rings is 1. The zero-order chi connectivity index (χ0) is 79.9. The molecule has 2 saturated heterocycles. The summed E-state index contributed by atoms with van der Waals surface area (Å²) in [6.45, 7) is 24.3. The first kappa shape index (κ1) is 90.0. The predicted molar refractivity (Wildman–Crippen MR) is 406 cm³/mol. The molecule has 12 amide bonds. The van der Waals surface area contributed by atoms with Crippen LogP contribution in [0.1, 0.15) is 178 Å². The van der Waals surface area contributed by atoms with E-state index in [2.05, 4.69) is 21.3 Å². The minimum Gasteiger partial charge on any atom is -0.504 e. The van der Waals surface area contributed by atoms with Crippen LogP contribution in [0.3, 0.4) is 0 Å². The van der Waals surface area contributed by atoms with Gasteiger partial charge in [0.05, 0.1) is 19.6 Å². The van der Waals surface area contributed by atoms with Crippen LogP contribution in [-0.4, -0.2) is 263 Å². The minimum atomic E-state index is -1.72. The third-order valence-electron chi connectivity index (χ3n) is 20.6. The van der Waals surface area contributed by atoms with Gasteiger partial charge in [0, 0.05) is 88.2 Å². The number of aliphatic hydroxyl groups is 1. The Morgan fingerprint density at radius 3 is 1.40 bits per heavy atom. The molecule has 12 atom stereocenters. The van der Waals surface area contributed by atoms with Crippen molar-refractivity contribution in [2.75, 3.05) is 76.1 Å². The topological polar surface area (TPSA) is 329 Å². The summed E-state index contributed by atoms with van der Waals surface area (Å²) in [4.78, 5) is 191. The fraction of sp³-hybridized carbons (Fsp3) is 0.696. The van der Waals surface area contributed by atoms with Crippen LogP contribution in [0.25, 0.3) is 0 Å². The van der Waals surface area contributed by atoms with E-state index in [1.54, 1.807) is 42.2 Å². The van der Waals surface area contributed by atoms with E-state index >= 15 is 38.4 Å². The van der Waals surface area contributed by atoms with Gasteiger partial charge < -0.3 is 75.4 Å². The summed E-state index contributed by atoms with van der Waals surface area (Å²) < 4.78 is 5.45. The number of ether oxygens (including phenoxy) is 1. The third kappa shape index (κ3) is 25.7. The number of amides is 12. The average Bonchev–Trinajstić information content (AvgIpc) is 0.810. The second kappa shape index (κ2) is 42.3. The van der Waals surface area contributed by atoms with Crippen LogP contribution >= 0.6 is 0 Å². The number of carbonyl (C=O) groups is 12. The maximum absolute atomic E-state index is 15.7. The first-order chi connectivity index (χ1) is 49.7. The average molecular weight is 1490 g/mol. The number of aliphatic hydroxyl groups excluding tert-OH is 1. The monoisotopic (exact) mass is 1480 g/mol. The normalized spacial score (nSPS) is 24.9. The lowest BCUT2D eigenvalue weighted by Gasteiger charge is -2.39. The van der Waals surface area contributed by atoms with Crippen molar-refractivity contribution in [3.63, 3.8) is 0 Å². The smallest absolute Gasteiger partial charge is 0.248 e. The van der Waals surface area contributed by atoms with Crippen molar-refractivity contribution < 1.29 is 72.5 Å². The molecule has 2 fully saturated rings. The van der Waals surface area contributed by atoms with E-state index in [1.807, 2.05) is 76.2 Å². The Morgan fingerprint density at radius 1 is 0.472 bits per heavy atom. The van der Waals surface area contributed by atoms with E-state index < -0.39 is 150 Å². The second-order valence-electron chi connectivity index (χ2n) is 31.6. The first-order valence-corrected chi connectivity index (χ1v) is 38.1. The van der Waals surface area contributed by atoms with Crippen LogP contribution in [0.15, 0.2) is 48.5 Å². The van der Waals surface area contributed by atoms with Crippen LogP contribution in [0.2, 0.25) is 0 Å². The van der Waals surface area contributed by atoms with Crippen LogP contribution in [-0.2, 0) is 70.4 Å². The molecule has 27 heteroatoms. The lowest BCUT2D eigenvalue weighted by molar-refractivity contribution is -0.152. The molecule has 0 radical (unpaired) electrons. The van der Waals surface area contributed by atoms with Crippen molar-refractivity contribution in [3.05, 3.63) is 59.7 Å². The fourth-order valence-corrected chi connectivity index (χ4v) is 13.8. The molecular weight excluding hydrogens is 1360 g/mol. The molecule has 0 spiro atoms. The molecule has 2 aliphatic heterocycles. The standard InChI is InChI=1S/C79H128N12O15/c1-22-52(12)68-78(104)90(20)63(44-54-30-25-23-26-31-54)77(103)88(18)59(39-48(4)5)70(96)80-56(43-55-33-34-64(93)65(45-55)106-21)74(100)86(16)61(41-50(8)9)73(99)83-69(53(13)92)79(105)89(19)62(42-51(10)11)76(102)87(17)60(40-49(6)7)71(97)81-57(75(101)91-36-27-24-28-37-91)46-67(95)84(14)35-29-32-66(94)85(15)58(38-47(2)3)72(98)82-68/h23,25-26,30-31,33-34,45,47-53,56-63,68-69,92-93H,22,24,27-29,32,35-44,46H2,1-21H3,(H,80,96)(H,81,97)(H,82,98)(H,83,99)/t52-,53+,56-,57-,58-,59-,60-,61-,62-,63-,68-,69-/m0/s1. The van der Waals surface area contributed by atoms with Gasteiger partial charge >= 0.3 is 0 Å². The highest BCUT2D eigenvalue weighted by Crippen LogP contribution is 2.29. The van der Waals surface area contributed by atoms with Gasteiger partial charge in [-0.15, -0.1) is 0 Å². The molecule has 2 heterocycles. The molecule has 0 aromatic heterocycles. The van der Waals surface area contributed by atoms with Crippen molar-refractivity contribution in [1.82, 2.24) is 60.5 Å². The van der Waals surface area contributed by atoms with E-state index in [-0.39, 0.29) is 105 Å². The predicted octanol–water partition coefficient (Wildman–Crippen LogP) is 5.40. The Labute approximate surface area is 630 Å². The van der Waals surface area contributed by atoms with E-state index in [0.29, 0.717) is 43.5 Å².